The molecule has 3 N–H and O–H groups in total. The van der Waals surface area contributed by atoms with E-state index in [-0.39, 0.29) is 32.3 Å². The van der Waals surface area contributed by atoms with Crippen molar-refractivity contribution in [1.82, 2.24) is 0 Å². The van der Waals surface area contributed by atoms with E-state index in [0.717, 1.165) is 38.5 Å². The molecule has 0 aliphatic heterocycles. The van der Waals surface area contributed by atoms with Crippen molar-refractivity contribution in [2.45, 2.75) is 200 Å². The predicted molar refractivity (Wildman–Crippen MR) is 210 cm³/mol. The second-order valence-electron chi connectivity index (χ2n) is 13.9. The van der Waals surface area contributed by atoms with Crippen LogP contribution >= 0.6 is 7.82 Å². The third-order valence-electron chi connectivity index (χ3n) is 8.87. The zero-order valence-electron chi connectivity index (χ0n) is 32.6. The Morgan fingerprint density at radius 1 is 0.600 bits per heavy atom. The Morgan fingerprint density at radius 2 is 1.06 bits per heavy atom. The van der Waals surface area contributed by atoms with Crippen molar-refractivity contribution in [3.05, 3.63) is 24.3 Å². The van der Waals surface area contributed by atoms with Crippen LogP contribution in [0.5, 0.6) is 0 Å². The minimum Gasteiger partial charge on any atom is -0.457 e. The van der Waals surface area contributed by atoms with Crippen molar-refractivity contribution in [2.75, 3.05) is 33.0 Å². The lowest BCUT2D eigenvalue weighted by Gasteiger charge is -2.20. The van der Waals surface area contributed by atoms with E-state index in [0.29, 0.717) is 13.0 Å². The highest BCUT2D eigenvalue weighted by Crippen LogP contribution is 2.43. The van der Waals surface area contributed by atoms with Gasteiger partial charge in [-0.25, -0.2) is 4.57 Å². The molecule has 0 radical (unpaired) electrons. The third-order valence-corrected chi connectivity index (χ3v) is 9.86. The van der Waals surface area contributed by atoms with Gasteiger partial charge in [0.1, 0.15) is 6.10 Å². The number of hydrogen-bond donors (Lipinski definition) is 2. The van der Waals surface area contributed by atoms with Gasteiger partial charge in [0.15, 0.2) is 0 Å². The van der Waals surface area contributed by atoms with Crippen LogP contribution in [0.1, 0.15) is 194 Å². The van der Waals surface area contributed by atoms with Gasteiger partial charge in [0.05, 0.1) is 19.8 Å². The number of allylic oxidation sites excluding steroid dienone is 4. The number of phosphoric acid groups is 1. The van der Waals surface area contributed by atoms with Crippen molar-refractivity contribution in [3.8, 4) is 0 Å². The lowest BCUT2D eigenvalue weighted by Crippen LogP contribution is -2.28. The van der Waals surface area contributed by atoms with Crippen molar-refractivity contribution in [3.63, 3.8) is 0 Å². The molecule has 0 spiro atoms. The molecular weight excluding hydrogens is 649 g/mol. The zero-order valence-corrected chi connectivity index (χ0v) is 33.5. The maximum atomic E-state index is 12.5. The fourth-order valence-corrected chi connectivity index (χ4v) is 6.56. The average Bonchev–Trinajstić information content (AvgIpc) is 3.10. The second kappa shape index (κ2) is 39.2. The van der Waals surface area contributed by atoms with Crippen LogP contribution in [0.3, 0.4) is 0 Å². The molecule has 8 nitrogen and oxygen atoms in total. The number of esters is 1. The molecule has 0 aromatic heterocycles. The molecule has 0 fully saturated rings. The summed E-state index contributed by atoms with van der Waals surface area (Å²) in [5.41, 5.74) is 5.36. The number of phosphoric ester groups is 1. The van der Waals surface area contributed by atoms with E-state index in [1.807, 2.05) is 0 Å². The van der Waals surface area contributed by atoms with Crippen molar-refractivity contribution in [2.24, 2.45) is 5.73 Å². The zero-order chi connectivity index (χ0) is 36.6. The monoisotopic (exact) mass is 730 g/mol. The molecule has 0 saturated heterocycles. The molecule has 0 saturated carbocycles. The quantitative estimate of drug-likeness (QED) is 0.0277. The Balaban J connectivity index is 3.98. The number of nitrogens with two attached hydrogens (primary N) is 1. The average molecular weight is 730 g/mol. The van der Waals surface area contributed by atoms with Gasteiger partial charge in [-0.1, -0.05) is 167 Å². The fraction of sp³-hybridized carbons (Fsp3) is 0.878. The van der Waals surface area contributed by atoms with Crippen LogP contribution in [0.2, 0.25) is 0 Å². The summed E-state index contributed by atoms with van der Waals surface area (Å²) in [6.07, 6.45) is 41.9. The summed E-state index contributed by atoms with van der Waals surface area (Å²) in [6, 6.07) is 0. The van der Waals surface area contributed by atoms with Crippen LogP contribution in [-0.2, 0) is 27.9 Å². The van der Waals surface area contributed by atoms with Gasteiger partial charge < -0.3 is 20.1 Å². The standard InChI is InChI=1S/C41H80NO7P/c1-3-5-7-9-11-13-15-16-17-18-19-20-21-22-23-24-25-26-28-30-32-34-41(43)49-40(39-48-50(44,45)47-37-35-42)38-46-36-33-31-29-27-14-12-10-8-6-4-2/h15-16,18-19,40H,3-14,17,20-39,42H2,1-2H3,(H,44,45)/b16-15-,19-18-. The number of carbonyl (C=O) groups excluding carboxylic acids is 1. The van der Waals surface area contributed by atoms with Gasteiger partial charge in [0.25, 0.3) is 0 Å². The lowest BCUT2D eigenvalue weighted by atomic mass is 10.1. The first-order valence-electron chi connectivity index (χ1n) is 20.8. The predicted octanol–water partition coefficient (Wildman–Crippen LogP) is 12.1. The van der Waals surface area contributed by atoms with E-state index in [1.54, 1.807) is 0 Å². The molecule has 0 aliphatic rings. The molecule has 0 aromatic rings. The lowest BCUT2D eigenvalue weighted by molar-refractivity contribution is -0.154. The topological polar surface area (TPSA) is 117 Å². The Hall–Kier alpha value is -1.02. The van der Waals surface area contributed by atoms with Gasteiger partial charge in [-0.15, -0.1) is 0 Å². The molecular formula is C41H80NO7P. The Labute approximate surface area is 308 Å². The summed E-state index contributed by atoms with van der Waals surface area (Å²) >= 11 is 0. The minimum atomic E-state index is -4.27. The van der Waals surface area contributed by atoms with Crippen molar-refractivity contribution < 1.29 is 32.8 Å². The maximum absolute atomic E-state index is 12.5. The summed E-state index contributed by atoms with van der Waals surface area (Å²) < 4.78 is 33.3. The number of unbranched alkanes of at least 4 members (excludes halogenated alkanes) is 23. The molecule has 0 bridgehead atoms. The van der Waals surface area contributed by atoms with Gasteiger partial charge in [0.2, 0.25) is 0 Å². The largest absolute Gasteiger partial charge is 0.472 e. The SMILES string of the molecule is CCCCCCC/C=C\C/C=C\CCCCCCCCCCCC(=O)OC(COCCCCCCCCCCCC)COP(=O)(O)OCCN. The third kappa shape index (κ3) is 38.2. The van der Waals surface area contributed by atoms with Crippen molar-refractivity contribution >= 4 is 13.8 Å². The second-order valence-corrected chi connectivity index (χ2v) is 15.3. The van der Waals surface area contributed by atoms with Gasteiger partial charge in [-0.05, 0) is 44.9 Å². The molecule has 0 amide bonds. The Kier molecular flexibility index (Phi) is 38.4. The molecule has 296 valence electrons. The molecule has 9 heteroatoms. The molecule has 2 unspecified atom stereocenters. The molecule has 0 aromatic carbocycles. The normalized spacial score (nSPS) is 13.8. The van der Waals surface area contributed by atoms with E-state index in [1.165, 1.54) is 135 Å². The van der Waals surface area contributed by atoms with E-state index < -0.39 is 13.9 Å². The first-order chi connectivity index (χ1) is 24.4. The molecule has 0 heterocycles. The van der Waals surface area contributed by atoms with E-state index in [4.69, 9.17) is 24.3 Å². The Morgan fingerprint density at radius 3 is 1.56 bits per heavy atom. The molecule has 2 atom stereocenters. The van der Waals surface area contributed by atoms with Crippen LogP contribution in [0.25, 0.3) is 0 Å². The first-order valence-corrected chi connectivity index (χ1v) is 22.3. The number of carbonyl (C=O) groups is 1. The smallest absolute Gasteiger partial charge is 0.457 e. The summed E-state index contributed by atoms with van der Waals surface area (Å²) in [7, 11) is -4.27. The highest BCUT2D eigenvalue weighted by Gasteiger charge is 2.25. The van der Waals surface area contributed by atoms with Crippen molar-refractivity contribution in [1.29, 1.82) is 0 Å². The number of rotatable bonds is 40. The molecule has 0 aliphatic carbocycles. The Bertz CT molecular complexity index is 823. The van der Waals surface area contributed by atoms with Gasteiger partial charge in [-0.3, -0.25) is 13.8 Å². The highest BCUT2D eigenvalue weighted by atomic mass is 31.2. The maximum Gasteiger partial charge on any atom is 0.472 e. The summed E-state index contributed by atoms with van der Waals surface area (Å²) in [5, 5.41) is 0. The van der Waals surface area contributed by atoms with Gasteiger partial charge in [0, 0.05) is 19.6 Å². The van der Waals surface area contributed by atoms with Crippen LogP contribution in [-0.4, -0.2) is 49.9 Å². The minimum absolute atomic E-state index is 0.0945. The van der Waals surface area contributed by atoms with E-state index in [2.05, 4.69) is 38.2 Å². The van der Waals surface area contributed by atoms with Crippen LogP contribution < -0.4 is 5.73 Å². The highest BCUT2D eigenvalue weighted by molar-refractivity contribution is 7.47. The van der Waals surface area contributed by atoms with Crippen LogP contribution in [0.4, 0.5) is 0 Å². The van der Waals surface area contributed by atoms with Gasteiger partial charge >= 0.3 is 13.8 Å². The summed E-state index contributed by atoms with van der Waals surface area (Å²) in [6.45, 7) is 4.92. The number of ether oxygens (including phenoxy) is 2. The van der Waals surface area contributed by atoms with E-state index in [9.17, 15) is 14.3 Å². The van der Waals surface area contributed by atoms with Crippen LogP contribution in [0, 0.1) is 0 Å². The summed E-state index contributed by atoms with van der Waals surface area (Å²) in [4.78, 5) is 22.4. The number of hydrogen-bond acceptors (Lipinski definition) is 7. The summed E-state index contributed by atoms with van der Waals surface area (Å²) in [5.74, 6) is -0.334. The molecule has 50 heavy (non-hydrogen) atoms. The first kappa shape index (κ1) is 49.0. The van der Waals surface area contributed by atoms with E-state index >= 15 is 0 Å². The molecule has 0 rings (SSSR count). The van der Waals surface area contributed by atoms with Crippen LogP contribution in [0.15, 0.2) is 24.3 Å². The van der Waals surface area contributed by atoms with Gasteiger partial charge in [-0.2, -0.15) is 0 Å². The fourth-order valence-electron chi connectivity index (χ4n) is 5.79.